The first-order valence-electron chi connectivity index (χ1n) is 10.4. The van der Waals surface area contributed by atoms with E-state index in [-0.39, 0.29) is 18.0 Å². The maximum absolute atomic E-state index is 12.5. The number of methoxy groups -OCH3 is 2. The Labute approximate surface area is 197 Å². The minimum absolute atomic E-state index is 0.134. The van der Waals surface area contributed by atoms with Crippen molar-refractivity contribution in [1.82, 2.24) is 5.16 Å². The van der Waals surface area contributed by atoms with Crippen LogP contribution in [0.2, 0.25) is 0 Å². The van der Waals surface area contributed by atoms with Gasteiger partial charge in [-0.3, -0.25) is 4.79 Å². The summed E-state index contributed by atoms with van der Waals surface area (Å²) < 4.78 is 27.4. The minimum atomic E-state index is -0.623. The first-order chi connectivity index (χ1) is 16.4. The normalized spacial score (nSPS) is 10.9. The summed E-state index contributed by atoms with van der Waals surface area (Å²) in [6, 6.07) is 14.4. The Morgan fingerprint density at radius 1 is 1.06 bits per heavy atom. The minimum Gasteiger partial charge on any atom is -0.493 e. The fourth-order valence-corrected chi connectivity index (χ4v) is 2.99. The standard InChI is InChI=1S/C25H25N3O6/c1-16-5-7-20(8-6-16)32-9-10-33-24-21(30-3)13-18(14-22(24)31-4)12-19(15-26)25(29)27-23-11-17(2)34-28-23/h5-8,11-14H,9-10H2,1-4H3,(H,27,28,29). The fourth-order valence-electron chi connectivity index (χ4n) is 2.99. The van der Waals surface area contributed by atoms with Crippen molar-refractivity contribution < 1.29 is 28.3 Å². The zero-order chi connectivity index (χ0) is 24.5. The number of nitrogens with zero attached hydrogens (tertiary/aromatic N) is 2. The van der Waals surface area contributed by atoms with E-state index in [0.717, 1.165) is 11.3 Å². The molecule has 9 heteroatoms. The van der Waals surface area contributed by atoms with Gasteiger partial charge in [-0.15, -0.1) is 0 Å². The molecule has 1 N–H and O–H groups in total. The second-order valence-corrected chi connectivity index (χ2v) is 7.21. The fraction of sp³-hybridized carbons (Fsp3) is 0.240. The van der Waals surface area contributed by atoms with E-state index >= 15 is 0 Å². The summed E-state index contributed by atoms with van der Waals surface area (Å²) in [5.74, 6) is 2.02. The van der Waals surface area contributed by atoms with Gasteiger partial charge >= 0.3 is 0 Å². The lowest BCUT2D eigenvalue weighted by Gasteiger charge is -2.16. The third-order valence-corrected chi connectivity index (χ3v) is 4.65. The predicted molar refractivity (Wildman–Crippen MR) is 125 cm³/mol. The SMILES string of the molecule is COc1cc(C=C(C#N)C(=O)Nc2cc(C)on2)cc(OC)c1OCCOc1ccc(C)cc1. The molecule has 3 aromatic rings. The topological polar surface area (TPSA) is 116 Å². The van der Waals surface area contributed by atoms with Crippen LogP contribution in [-0.4, -0.2) is 38.5 Å². The molecule has 34 heavy (non-hydrogen) atoms. The van der Waals surface area contributed by atoms with E-state index in [9.17, 15) is 10.1 Å². The van der Waals surface area contributed by atoms with Crippen molar-refractivity contribution in [2.24, 2.45) is 0 Å². The Hall–Kier alpha value is -4.45. The van der Waals surface area contributed by atoms with Gasteiger partial charge in [0, 0.05) is 6.07 Å². The van der Waals surface area contributed by atoms with Crippen molar-refractivity contribution in [3.8, 4) is 29.1 Å². The molecule has 0 atom stereocenters. The summed E-state index contributed by atoms with van der Waals surface area (Å²) in [5, 5.41) is 15.7. The van der Waals surface area contributed by atoms with Gasteiger partial charge in [-0.1, -0.05) is 22.9 Å². The van der Waals surface area contributed by atoms with Crippen LogP contribution in [-0.2, 0) is 4.79 Å². The highest BCUT2D eigenvalue weighted by Gasteiger charge is 2.16. The van der Waals surface area contributed by atoms with Crippen LogP contribution in [0.4, 0.5) is 5.82 Å². The van der Waals surface area contributed by atoms with E-state index in [0.29, 0.717) is 35.2 Å². The van der Waals surface area contributed by atoms with E-state index in [1.165, 1.54) is 20.3 Å². The highest BCUT2D eigenvalue weighted by molar-refractivity contribution is 6.09. The number of nitriles is 1. The van der Waals surface area contributed by atoms with Crippen molar-refractivity contribution in [3.63, 3.8) is 0 Å². The number of nitrogens with one attached hydrogen (secondary N) is 1. The zero-order valence-corrected chi connectivity index (χ0v) is 19.4. The average molecular weight is 463 g/mol. The maximum Gasteiger partial charge on any atom is 0.267 e. The monoisotopic (exact) mass is 463 g/mol. The molecular formula is C25H25N3O6. The Balaban J connectivity index is 1.73. The van der Waals surface area contributed by atoms with Gasteiger partial charge in [0.1, 0.15) is 36.4 Å². The Morgan fingerprint density at radius 2 is 1.71 bits per heavy atom. The second-order valence-electron chi connectivity index (χ2n) is 7.21. The largest absolute Gasteiger partial charge is 0.493 e. The molecular weight excluding hydrogens is 438 g/mol. The third kappa shape index (κ3) is 6.29. The number of rotatable bonds is 10. The Kier molecular flexibility index (Phi) is 8.13. The summed E-state index contributed by atoms with van der Waals surface area (Å²) in [7, 11) is 2.98. The van der Waals surface area contributed by atoms with Crippen LogP contribution >= 0.6 is 0 Å². The Morgan fingerprint density at radius 3 is 2.26 bits per heavy atom. The summed E-state index contributed by atoms with van der Waals surface area (Å²) in [6.07, 6.45) is 1.41. The number of hydrogen-bond acceptors (Lipinski definition) is 8. The van der Waals surface area contributed by atoms with Gasteiger partial charge < -0.3 is 28.8 Å². The molecule has 0 aliphatic heterocycles. The van der Waals surface area contributed by atoms with Gasteiger partial charge in [0.15, 0.2) is 17.3 Å². The lowest BCUT2D eigenvalue weighted by Crippen LogP contribution is -2.13. The first kappa shape index (κ1) is 24.2. The van der Waals surface area contributed by atoms with Crippen LogP contribution in [0, 0.1) is 25.2 Å². The Bertz CT molecular complexity index is 1180. The number of aromatic nitrogens is 1. The van der Waals surface area contributed by atoms with Gasteiger partial charge in [0.2, 0.25) is 5.75 Å². The van der Waals surface area contributed by atoms with Gasteiger partial charge in [-0.2, -0.15) is 5.26 Å². The average Bonchev–Trinajstić information content (AvgIpc) is 3.25. The van der Waals surface area contributed by atoms with Crippen molar-refractivity contribution in [3.05, 3.63) is 64.9 Å². The molecule has 0 fully saturated rings. The van der Waals surface area contributed by atoms with Gasteiger partial charge in [-0.25, -0.2) is 0 Å². The smallest absolute Gasteiger partial charge is 0.267 e. The molecule has 176 valence electrons. The molecule has 3 rings (SSSR count). The molecule has 1 aromatic heterocycles. The lowest BCUT2D eigenvalue weighted by molar-refractivity contribution is -0.112. The molecule has 0 saturated heterocycles. The molecule has 0 spiro atoms. The highest BCUT2D eigenvalue weighted by Crippen LogP contribution is 2.39. The van der Waals surface area contributed by atoms with Crippen LogP contribution in [0.1, 0.15) is 16.9 Å². The predicted octanol–water partition coefficient (Wildman–Crippen LogP) is 4.31. The van der Waals surface area contributed by atoms with E-state index in [1.807, 2.05) is 37.3 Å². The second kappa shape index (κ2) is 11.4. The number of carbonyl (C=O) groups is 1. The van der Waals surface area contributed by atoms with Crippen LogP contribution in [0.25, 0.3) is 6.08 Å². The van der Waals surface area contributed by atoms with Crippen molar-refractivity contribution >= 4 is 17.8 Å². The summed E-state index contributed by atoms with van der Waals surface area (Å²) in [4.78, 5) is 12.5. The highest BCUT2D eigenvalue weighted by atomic mass is 16.6. The lowest BCUT2D eigenvalue weighted by atomic mass is 10.1. The molecule has 0 radical (unpaired) electrons. The summed E-state index contributed by atoms with van der Waals surface area (Å²) >= 11 is 0. The molecule has 0 aliphatic carbocycles. The summed E-state index contributed by atoms with van der Waals surface area (Å²) in [6.45, 7) is 4.27. The summed E-state index contributed by atoms with van der Waals surface area (Å²) in [5.41, 5.74) is 1.53. The molecule has 1 amide bonds. The molecule has 0 unspecified atom stereocenters. The molecule has 0 aliphatic rings. The molecule has 1 heterocycles. The molecule has 0 saturated carbocycles. The maximum atomic E-state index is 12.5. The van der Waals surface area contributed by atoms with E-state index < -0.39 is 5.91 Å². The van der Waals surface area contributed by atoms with E-state index in [4.69, 9.17) is 23.5 Å². The molecule has 0 bridgehead atoms. The quantitative estimate of drug-likeness (QED) is 0.269. The van der Waals surface area contributed by atoms with Crippen molar-refractivity contribution in [2.75, 3.05) is 32.8 Å². The number of carbonyl (C=O) groups excluding carboxylic acids is 1. The van der Waals surface area contributed by atoms with Gasteiger partial charge in [0.05, 0.1) is 14.2 Å². The number of aryl methyl sites for hydroxylation is 2. The van der Waals surface area contributed by atoms with Crippen LogP contribution in [0.3, 0.4) is 0 Å². The van der Waals surface area contributed by atoms with Crippen molar-refractivity contribution in [2.45, 2.75) is 13.8 Å². The van der Waals surface area contributed by atoms with Gasteiger partial charge in [-0.05, 0) is 49.8 Å². The zero-order valence-electron chi connectivity index (χ0n) is 19.4. The van der Waals surface area contributed by atoms with E-state index in [2.05, 4.69) is 10.5 Å². The van der Waals surface area contributed by atoms with E-state index in [1.54, 1.807) is 25.1 Å². The molecule has 9 nitrogen and oxygen atoms in total. The van der Waals surface area contributed by atoms with Crippen molar-refractivity contribution in [1.29, 1.82) is 5.26 Å². The van der Waals surface area contributed by atoms with Crippen LogP contribution in [0.15, 0.2) is 52.6 Å². The van der Waals surface area contributed by atoms with Crippen LogP contribution < -0.4 is 24.3 Å². The van der Waals surface area contributed by atoms with Gasteiger partial charge in [0.25, 0.3) is 5.91 Å². The molecule has 2 aromatic carbocycles. The first-order valence-corrected chi connectivity index (χ1v) is 10.4. The number of ether oxygens (including phenoxy) is 4. The van der Waals surface area contributed by atoms with Crippen LogP contribution in [0.5, 0.6) is 23.0 Å². The number of amides is 1. The number of hydrogen-bond donors (Lipinski definition) is 1. The number of anilines is 1. The third-order valence-electron chi connectivity index (χ3n) is 4.65. The number of benzene rings is 2.